The van der Waals surface area contributed by atoms with Gasteiger partial charge in [0.2, 0.25) is 5.91 Å². The van der Waals surface area contributed by atoms with E-state index in [1.165, 1.54) is 19.3 Å². The molecule has 0 spiro atoms. The van der Waals surface area contributed by atoms with Gasteiger partial charge in [0.15, 0.2) is 0 Å². The molecule has 0 saturated heterocycles. The lowest BCUT2D eigenvalue weighted by Gasteiger charge is -2.56. The van der Waals surface area contributed by atoms with Crippen LogP contribution in [0, 0.1) is 29.1 Å². The number of nitriles is 1. The fraction of sp³-hybridized carbons (Fsp3) is 0.833. The smallest absolute Gasteiger partial charge is 0.315 e. The van der Waals surface area contributed by atoms with Crippen molar-refractivity contribution in [2.45, 2.75) is 56.9 Å². The van der Waals surface area contributed by atoms with Crippen molar-refractivity contribution < 1.29 is 9.59 Å². The Kier molecular flexibility index (Phi) is 4.98. The molecule has 4 fully saturated rings. The van der Waals surface area contributed by atoms with E-state index in [9.17, 15) is 9.59 Å². The third kappa shape index (κ3) is 3.82. The van der Waals surface area contributed by atoms with E-state index >= 15 is 0 Å². The summed E-state index contributed by atoms with van der Waals surface area (Å²) < 4.78 is 0. The zero-order valence-electron chi connectivity index (χ0n) is 14.5. The molecule has 4 aliphatic carbocycles. The van der Waals surface area contributed by atoms with Gasteiger partial charge in [-0.2, -0.15) is 5.26 Å². The normalized spacial score (nSPS) is 32.9. The molecule has 0 aliphatic heterocycles. The fourth-order valence-corrected chi connectivity index (χ4v) is 5.36. The first-order valence-corrected chi connectivity index (χ1v) is 9.16. The second kappa shape index (κ2) is 7.00. The molecule has 4 aliphatic rings. The Labute approximate surface area is 144 Å². The van der Waals surface area contributed by atoms with Crippen LogP contribution in [0.5, 0.6) is 0 Å². The SMILES string of the molecule is CN(CCC#N)C(=O)CCNC(=O)NC12CC3CC(CC(C3)C1)C2. The van der Waals surface area contributed by atoms with Gasteiger partial charge in [0, 0.05) is 32.1 Å². The van der Waals surface area contributed by atoms with Gasteiger partial charge < -0.3 is 15.5 Å². The molecule has 2 N–H and O–H groups in total. The van der Waals surface area contributed by atoms with E-state index in [2.05, 4.69) is 10.6 Å². The summed E-state index contributed by atoms with van der Waals surface area (Å²) in [7, 11) is 1.69. The quantitative estimate of drug-likeness (QED) is 0.780. The van der Waals surface area contributed by atoms with E-state index in [-0.39, 0.29) is 23.9 Å². The molecule has 0 unspecified atom stereocenters. The Morgan fingerprint density at radius 2 is 1.75 bits per heavy atom. The fourth-order valence-electron chi connectivity index (χ4n) is 5.36. The molecule has 4 rings (SSSR count). The number of amides is 3. The lowest BCUT2D eigenvalue weighted by atomic mass is 9.53. The Bertz CT molecular complexity index is 504. The Morgan fingerprint density at radius 3 is 2.29 bits per heavy atom. The second-order valence-corrected chi connectivity index (χ2v) is 8.05. The van der Waals surface area contributed by atoms with Crippen LogP contribution < -0.4 is 10.6 Å². The van der Waals surface area contributed by atoms with Crippen molar-refractivity contribution in [1.29, 1.82) is 5.26 Å². The van der Waals surface area contributed by atoms with Crippen molar-refractivity contribution in [3.63, 3.8) is 0 Å². The van der Waals surface area contributed by atoms with Crippen LogP contribution in [0.15, 0.2) is 0 Å². The Morgan fingerprint density at radius 1 is 1.17 bits per heavy atom. The molecule has 0 heterocycles. The first-order chi connectivity index (χ1) is 11.5. The van der Waals surface area contributed by atoms with Gasteiger partial charge in [-0.25, -0.2) is 4.79 Å². The summed E-state index contributed by atoms with van der Waals surface area (Å²) in [6.45, 7) is 0.780. The second-order valence-electron chi connectivity index (χ2n) is 8.05. The highest BCUT2D eigenvalue weighted by molar-refractivity contribution is 5.78. The summed E-state index contributed by atoms with van der Waals surface area (Å²) in [5, 5.41) is 14.6. The number of carbonyl (C=O) groups is 2. The third-order valence-corrected chi connectivity index (χ3v) is 6.03. The molecule has 4 bridgehead atoms. The number of nitrogens with one attached hydrogen (secondary N) is 2. The minimum absolute atomic E-state index is 0.00638. The molecule has 0 aromatic heterocycles. The summed E-state index contributed by atoms with van der Waals surface area (Å²) in [6, 6.07) is 1.89. The van der Waals surface area contributed by atoms with E-state index in [0.717, 1.165) is 37.0 Å². The van der Waals surface area contributed by atoms with Crippen LogP contribution in [0.1, 0.15) is 51.4 Å². The molecule has 24 heavy (non-hydrogen) atoms. The van der Waals surface area contributed by atoms with Gasteiger partial charge >= 0.3 is 6.03 Å². The molecule has 6 heteroatoms. The van der Waals surface area contributed by atoms with Crippen molar-refractivity contribution >= 4 is 11.9 Å². The van der Waals surface area contributed by atoms with Crippen LogP contribution in [0.2, 0.25) is 0 Å². The van der Waals surface area contributed by atoms with Gasteiger partial charge in [-0.1, -0.05) is 0 Å². The van der Waals surface area contributed by atoms with Crippen molar-refractivity contribution in [3.05, 3.63) is 0 Å². The van der Waals surface area contributed by atoms with Crippen molar-refractivity contribution in [3.8, 4) is 6.07 Å². The van der Waals surface area contributed by atoms with Crippen LogP contribution in [-0.4, -0.2) is 42.5 Å². The molecule has 0 atom stereocenters. The standard InChI is InChI=1S/C18H28N4O2/c1-22(6-2-4-19)16(23)3-5-20-17(24)21-18-10-13-7-14(11-18)9-15(8-13)12-18/h13-15H,2-3,5-12H2,1H3,(H2,20,21,24). The molecular formula is C18H28N4O2. The summed E-state index contributed by atoms with van der Waals surface area (Å²) in [4.78, 5) is 25.7. The lowest BCUT2D eigenvalue weighted by molar-refractivity contribution is -0.129. The summed E-state index contributed by atoms with van der Waals surface area (Å²) >= 11 is 0. The van der Waals surface area contributed by atoms with Gasteiger partial charge in [0.05, 0.1) is 12.5 Å². The maximum Gasteiger partial charge on any atom is 0.315 e. The van der Waals surface area contributed by atoms with Gasteiger partial charge in [-0.05, 0) is 56.3 Å². The summed E-state index contributed by atoms with van der Waals surface area (Å²) in [6.07, 6.45) is 8.05. The van der Waals surface area contributed by atoms with Crippen LogP contribution >= 0.6 is 0 Å². The van der Waals surface area contributed by atoms with E-state index in [1.807, 2.05) is 6.07 Å². The maximum atomic E-state index is 12.3. The minimum Gasteiger partial charge on any atom is -0.345 e. The number of urea groups is 1. The number of nitrogens with zero attached hydrogens (tertiary/aromatic N) is 2. The van der Waals surface area contributed by atoms with Crippen LogP contribution in [0.25, 0.3) is 0 Å². The molecule has 6 nitrogen and oxygen atoms in total. The monoisotopic (exact) mass is 332 g/mol. The molecule has 0 aromatic carbocycles. The molecule has 0 radical (unpaired) electrons. The third-order valence-electron chi connectivity index (χ3n) is 6.03. The average Bonchev–Trinajstić information content (AvgIpc) is 2.50. The van der Waals surface area contributed by atoms with E-state index in [0.29, 0.717) is 19.5 Å². The zero-order valence-corrected chi connectivity index (χ0v) is 14.5. The van der Waals surface area contributed by atoms with E-state index < -0.39 is 0 Å². The van der Waals surface area contributed by atoms with Gasteiger partial charge in [-0.15, -0.1) is 0 Å². The number of hydrogen-bond donors (Lipinski definition) is 2. The predicted octanol–water partition coefficient (Wildman–Crippen LogP) is 2.02. The van der Waals surface area contributed by atoms with E-state index in [4.69, 9.17) is 5.26 Å². The van der Waals surface area contributed by atoms with Gasteiger partial charge in [0.25, 0.3) is 0 Å². The first-order valence-electron chi connectivity index (χ1n) is 9.16. The largest absolute Gasteiger partial charge is 0.345 e. The zero-order chi connectivity index (χ0) is 17.2. The average molecular weight is 332 g/mol. The highest BCUT2D eigenvalue weighted by atomic mass is 16.2. The van der Waals surface area contributed by atoms with Crippen LogP contribution in [0.4, 0.5) is 4.79 Å². The number of hydrogen-bond acceptors (Lipinski definition) is 3. The lowest BCUT2D eigenvalue weighted by Crippen LogP contribution is -2.61. The van der Waals surface area contributed by atoms with Crippen LogP contribution in [-0.2, 0) is 4.79 Å². The molecule has 3 amide bonds. The predicted molar refractivity (Wildman–Crippen MR) is 89.9 cm³/mol. The highest BCUT2D eigenvalue weighted by Gasteiger charge is 2.51. The topological polar surface area (TPSA) is 85.2 Å². The summed E-state index contributed by atoms with van der Waals surface area (Å²) in [5.41, 5.74) is 0.00638. The molecule has 4 saturated carbocycles. The maximum absolute atomic E-state index is 12.3. The van der Waals surface area contributed by atoms with Crippen molar-refractivity contribution in [1.82, 2.24) is 15.5 Å². The Balaban J connectivity index is 1.40. The number of carbonyl (C=O) groups excluding carboxylic acids is 2. The van der Waals surface area contributed by atoms with E-state index in [1.54, 1.807) is 11.9 Å². The van der Waals surface area contributed by atoms with Crippen LogP contribution in [0.3, 0.4) is 0 Å². The molecule has 132 valence electrons. The highest BCUT2D eigenvalue weighted by Crippen LogP contribution is 2.55. The number of rotatable bonds is 6. The van der Waals surface area contributed by atoms with Gasteiger partial charge in [0.1, 0.15) is 0 Å². The van der Waals surface area contributed by atoms with Crippen molar-refractivity contribution in [2.75, 3.05) is 20.1 Å². The molecule has 0 aromatic rings. The first kappa shape index (κ1) is 17.1. The summed E-state index contributed by atoms with van der Waals surface area (Å²) in [5.74, 6) is 2.35. The minimum atomic E-state index is -0.135. The molecular weight excluding hydrogens is 304 g/mol. The Hall–Kier alpha value is -1.77. The van der Waals surface area contributed by atoms with Crippen molar-refractivity contribution in [2.24, 2.45) is 17.8 Å². The van der Waals surface area contributed by atoms with Gasteiger partial charge in [-0.3, -0.25) is 4.79 Å².